The Kier molecular flexibility index (Phi) is 7.77. The highest BCUT2D eigenvalue weighted by molar-refractivity contribution is 7.09. The van der Waals surface area contributed by atoms with Crippen LogP contribution in [-0.2, 0) is 17.7 Å². The number of hydrogen-bond donors (Lipinski definition) is 2. The summed E-state index contributed by atoms with van der Waals surface area (Å²) in [6, 6.07) is 3.54. The van der Waals surface area contributed by atoms with Gasteiger partial charge in [-0.05, 0) is 18.6 Å². The molecular formula is C16H21N5O3S. The molecule has 0 saturated carbocycles. The molecular weight excluding hydrogens is 342 g/mol. The highest BCUT2D eigenvalue weighted by Gasteiger charge is 2.11. The number of aromatic nitrogens is 3. The summed E-state index contributed by atoms with van der Waals surface area (Å²) in [6.07, 6.45) is 3.53. The zero-order valence-electron chi connectivity index (χ0n) is 14.0. The van der Waals surface area contributed by atoms with Gasteiger partial charge in [-0.2, -0.15) is 10.2 Å². The smallest absolute Gasteiger partial charge is 0.407 e. The molecule has 2 amide bonds. The van der Waals surface area contributed by atoms with Crippen LogP contribution >= 0.6 is 11.3 Å². The molecule has 2 heterocycles. The summed E-state index contributed by atoms with van der Waals surface area (Å²) in [4.78, 5) is 27.7. The van der Waals surface area contributed by atoms with Crippen LogP contribution in [0.3, 0.4) is 0 Å². The number of ether oxygens (including phenoxy) is 1. The average molecular weight is 363 g/mol. The molecule has 0 saturated heterocycles. The van der Waals surface area contributed by atoms with Crippen molar-refractivity contribution in [1.82, 2.24) is 25.8 Å². The SMILES string of the molecule is CCCCOC(=O)NCCc1nc(C(=O)NCc2cccnn2)cs1. The molecule has 0 aliphatic carbocycles. The number of rotatable bonds is 9. The van der Waals surface area contributed by atoms with Gasteiger partial charge in [-0.15, -0.1) is 11.3 Å². The third-order valence-electron chi connectivity index (χ3n) is 3.18. The summed E-state index contributed by atoms with van der Waals surface area (Å²) < 4.78 is 5.00. The van der Waals surface area contributed by atoms with Gasteiger partial charge in [-0.1, -0.05) is 13.3 Å². The summed E-state index contributed by atoms with van der Waals surface area (Å²) in [5.74, 6) is -0.264. The molecule has 2 rings (SSSR count). The molecule has 2 aromatic heterocycles. The Labute approximate surface area is 150 Å². The molecule has 0 aliphatic rings. The Morgan fingerprint density at radius 1 is 1.32 bits per heavy atom. The van der Waals surface area contributed by atoms with E-state index < -0.39 is 6.09 Å². The van der Waals surface area contributed by atoms with E-state index in [9.17, 15) is 9.59 Å². The molecule has 0 aliphatic heterocycles. The lowest BCUT2D eigenvalue weighted by Crippen LogP contribution is -2.27. The average Bonchev–Trinajstić information content (AvgIpc) is 3.10. The number of thiazole rings is 1. The van der Waals surface area contributed by atoms with E-state index in [1.165, 1.54) is 11.3 Å². The van der Waals surface area contributed by atoms with Gasteiger partial charge >= 0.3 is 6.09 Å². The summed E-state index contributed by atoms with van der Waals surface area (Å²) in [5, 5.41) is 15.5. The van der Waals surface area contributed by atoms with E-state index in [4.69, 9.17) is 4.74 Å². The molecule has 0 bridgehead atoms. The number of carbonyl (C=O) groups excluding carboxylic acids is 2. The first-order chi connectivity index (χ1) is 12.2. The van der Waals surface area contributed by atoms with Crippen molar-refractivity contribution >= 4 is 23.3 Å². The minimum atomic E-state index is -0.424. The van der Waals surface area contributed by atoms with E-state index in [2.05, 4.69) is 25.8 Å². The normalized spacial score (nSPS) is 10.3. The van der Waals surface area contributed by atoms with Gasteiger partial charge in [0.25, 0.3) is 5.91 Å². The maximum Gasteiger partial charge on any atom is 0.407 e. The van der Waals surface area contributed by atoms with Crippen LogP contribution in [0, 0.1) is 0 Å². The second-order valence-corrected chi connectivity index (χ2v) is 6.13. The number of unbranched alkanes of at least 4 members (excludes halogenated alkanes) is 1. The largest absolute Gasteiger partial charge is 0.450 e. The Hall–Kier alpha value is -2.55. The van der Waals surface area contributed by atoms with E-state index >= 15 is 0 Å². The third-order valence-corrected chi connectivity index (χ3v) is 4.09. The molecule has 8 nitrogen and oxygen atoms in total. The first-order valence-corrected chi connectivity index (χ1v) is 8.96. The molecule has 0 radical (unpaired) electrons. The van der Waals surface area contributed by atoms with E-state index in [1.54, 1.807) is 23.7 Å². The van der Waals surface area contributed by atoms with Gasteiger partial charge in [0, 0.05) is 24.5 Å². The number of nitrogens with zero attached hydrogens (tertiary/aromatic N) is 3. The van der Waals surface area contributed by atoms with Crippen molar-refractivity contribution in [3.8, 4) is 0 Å². The molecule has 0 atom stereocenters. The van der Waals surface area contributed by atoms with Crippen LogP contribution in [0.1, 0.15) is 41.0 Å². The van der Waals surface area contributed by atoms with E-state index in [-0.39, 0.29) is 5.91 Å². The van der Waals surface area contributed by atoms with Crippen molar-refractivity contribution in [3.63, 3.8) is 0 Å². The van der Waals surface area contributed by atoms with E-state index in [0.717, 1.165) is 17.8 Å². The predicted molar refractivity (Wildman–Crippen MR) is 93.3 cm³/mol. The number of carbonyl (C=O) groups is 2. The van der Waals surface area contributed by atoms with Crippen LogP contribution < -0.4 is 10.6 Å². The number of amides is 2. The zero-order chi connectivity index (χ0) is 17.9. The summed E-state index contributed by atoms with van der Waals surface area (Å²) in [7, 11) is 0. The molecule has 134 valence electrons. The molecule has 25 heavy (non-hydrogen) atoms. The third kappa shape index (κ3) is 6.84. The van der Waals surface area contributed by atoms with Crippen molar-refractivity contribution < 1.29 is 14.3 Å². The fourth-order valence-corrected chi connectivity index (χ4v) is 2.63. The second kappa shape index (κ2) is 10.3. The van der Waals surface area contributed by atoms with Gasteiger partial charge in [-0.3, -0.25) is 4.79 Å². The predicted octanol–water partition coefficient (Wildman–Crippen LogP) is 1.93. The lowest BCUT2D eigenvalue weighted by atomic mass is 10.3. The van der Waals surface area contributed by atoms with Crippen LogP contribution in [-0.4, -0.2) is 40.3 Å². The van der Waals surface area contributed by atoms with Crippen LogP contribution in [0.4, 0.5) is 4.79 Å². The van der Waals surface area contributed by atoms with Crippen LogP contribution in [0.2, 0.25) is 0 Å². The van der Waals surface area contributed by atoms with Crippen molar-refractivity contribution in [2.75, 3.05) is 13.2 Å². The highest BCUT2D eigenvalue weighted by atomic mass is 32.1. The van der Waals surface area contributed by atoms with Crippen LogP contribution in [0.25, 0.3) is 0 Å². The van der Waals surface area contributed by atoms with Crippen molar-refractivity contribution in [1.29, 1.82) is 0 Å². The van der Waals surface area contributed by atoms with Crippen molar-refractivity contribution in [2.24, 2.45) is 0 Å². The topological polar surface area (TPSA) is 106 Å². The van der Waals surface area contributed by atoms with Gasteiger partial charge in [-0.25, -0.2) is 9.78 Å². The molecule has 2 aromatic rings. The van der Waals surface area contributed by atoms with Gasteiger partial charge in [0.05, 0.1) is 23.9 Å². The van der Waals surface area contributed by atoms with Crippen LogP contribution in [0.15, 0.2) is 23.7 Å². The Morgan fingerprint density at radius 3 is 2.96 bits per heavy atom. The quantitative estimate of drug-likeness (QED) is 0.660. The molecule has 0 unspecified atom stereocenters. The monoisotopic (exact) mass is 363 g/mol. The van der Waals surface area contributed by atoms with E-state index in [0.29, 0.717) is 37.5 Å². The first-order valence-electron chi connectivity index (χ1n) is 8.09. The minimum absolute atomic E-state index is 0.264. The van der Waals surface area contributed by atoms with Gasteiger partial charge in [0.15, 0.2) is 0 Å². The summed E-state index contributed by atoms with van der Waals surface area (Å²) >= 11 is 1.38. The lowest BCUT2D eigenvalue weighted by molar-refractivity contribution is 0.0945. The molecule has 0 fully saturated rings. The summed E-state index contributed by atoms with van der Waals surface area (Å²) in [5.41, 5.74) is 1.03. The fraction of sp³-hybridized carbons (Fsp3) is 0.438. The summed E-state index contributed by atoms with van der Waals surface area (Å²) in [6.45, 7) is 3.17. The lowest BCUT2D eigenvalue weighted by Gasteiger charge is -2.05. The molecule has 2 N–H and O–H groups in total. The van der Waals surface area contributed by atoms with Gasteiger partial charge in [0.2, 0.25) is 0 Å². The number of alkyl carbamates (subject to hydrolysis) is 1. The Balaban J connectivity index is 1.70. The van der Waals surface area contributed by atoms with Crippen LogP contribution in [0.5, 0.6) is 0 Å². The Morgan fingerprint density at radius 2 is 2.20 bits per heavy atom. The first kappa shape index (κ1) is 18.8. The van der Waals surface area contributed by atoms with Gasteiger partial charge in [0.1, 0.15) is 5.69 Å². The maximum absolute atomic E-state index is 12.1. The molecule has 0 spiro atoms. The number of hydrogen-bond acceptors (Lipinski definition) is 7. The second-order valence-electron chi connectivity index (χ2n) is 5.19. The molecule has 9 heteroatoms. The van der Waals surface area contributed by atoms with Crippen molar-refractivity contribution in [2.45, 2.75) is 32.7 Å². The van der Waals surface area contributed by atoms with Crippen molar-refractivity contribution in [3.05, 3.63) is 40.1 Å². The molecule has 0 aromatic carbocycles. The maximum atomic E-state index is 12.1. The van der Waals surface area contributed by atoms with E-state index in [1.807, 2.05) is 6.92 Å². The fourth-order valence-electron chi connectivity index (χ4n) is 1.85. The minimum Gasteiger partial charge on any atom is -0.450 e. The Bertz CT molecular complexity index is 677. The van der Waals surface area contributed by atoms with Gasteiger partial charge < -0.3 is 15.4 Å². The standard InChI is InChI=1S/C16H21N5O3S/c1-2-3-9-24-16(23)17-8-6-14-20-13(11-25-14)15(22)18-10-12-5-4-7-19-21-12/h4-5,7,11H,2-3,6,8-10H2,1H3,(H,17,23)(H,18,22). The zero-order valence-corrected chi connectivity index (χ0v) is 14.8. The highest BCUT2D eigenvalue weighted by Crippen LogP contribution is 2.10. The number of nitrogens with one attached hydrogen (secondary N) is 2.